The first kappa shape index (κ1) is 19.2. The summed E-state index contributed by atoms with van der Waals surface area (Å²) in [6.07, 6.45) is 1.39. The third kappa shape index (κ3) is 4.06. The second-order valence-corrected chi connectivity index (χ2v) is 7.90. The topological polar surface area (TPSA) is 87.2 Å². The highest BCUT2D eigenvalue weighted by atomic mass is 79.9. The summed E-state index contributed by atoms with van der Waals surface area (Å²) in [6, 6.07) is 3.09. The maximum atomic E-state index is 12.5. The van der Waals surface area contributed by atoms with Crippen molar-refractivity contribution in [2.75, 3.05) is 32.8 Å². The molecule has 2 fully saturated rings. The lowest BCUT2D eigenvalue weighted by molar-refractivity contribution is -0.139. The highest BCUT2D eigenvalue weighted by Gasteiger charge is 2.37. The van der Waals surface area contributed by atoms with Gasteiger partial charge < -0.3 is 14.7 Å². The Balaban J connectivity index is 1.77. The Labute approximate surface area is 167 Å². The average molecular weight is 462 g/mol. The highest BCUT2D eigenvalue weighted by molar-refractivity contribution is 9.10. The Morgan fingerprint density at radius 3 is 2.73 bits per heavy atom. The van der Waals surface area contributed by atoms with E-state index in [0.717, 1.165) is 16.7 Å². The molecule has 2 aliphatic heterocycles. The van der Waals surface area contributed by atoms with E-state index in [9.17, 15) is 19.5 Å². The second kappa shape index (κ2) is 7.99. The van der Waals surface area contributed by atoms with Crippen LogP contribution in [0.3, 0.4) is 0 Å². The van der Waals surface area contributed by atoms with Crippen LogP contribution < -0.4 is 0 Å². The standard InChI is InChI=1S/C16H14BrClN2O5S/c17-10-5-9(14(22)11(18)7-10)6-12-15(23)20(16(24)26-12)8-13(21)19-1-3-25-4-2-19/h5-7,22H,1-4,8H2/b12-6-. The van der Waals surface area contributed by atoms with Crippen molar-refractivity contribution >= 4 is 62.4 Å². The SMILES string of the molecule is O=C(CN1C(=O)S/C(=C\c2cc(Br)cc(Cl)c2O)C1=O)N1CCOCC1. The zero-order valence-corrected chi connectivity index (χ0v) is 16.6. The number of benzene rings is 1. The number of carbonyl (C=O) groups excluding carboxylic acids is 3. The van der Waals surface area contributed by atoms with Crippen LogP contribution in [-0.4, -0.2) is 64.8 Å². The summed E-state index contributed by atoms with van der Waals surface area (Å²) in [6.45, 7) is 1.45. The van der Waals surface area contributed by atoms with E-state index in [1.54, 1.807) is 11.0 Å². The van der Waals surface area contributed by atoms with Gasteiger partial charge in [-0.3, -0.25) is 19.3 Å². The normalized spacial score (nSPS) is 19.5. The summed E-state index contributed by atoms with van der Waals surface area (Å²) < 4.78 is 5.80. The Hall–Kier alpha value is -1.55. The number of hydrogen-bond acceptors (Lipinski definition) is 6. The molecule has 0 atom stereocenters. The smallest absolute Gasteiger partial charge is 0.294 e. The molecule has 3 rings (SSSR count). The number of amides is 3. The molecule has 1 N–H and O–H groups in total. The van der Waals surface area contributed by atoms with E-state index in [1.165, 1.54) is 12.1 Å². The lowest BCUT2D eigenvalue weighted by atomic mass is 10.2. The van der Waals surface area contributed by atoms with Gasteiger partial charge in [0.1, 0.15) is 12.3 Å². The molecule has 0 radical (unpaired) electrons. The van der Waals surface area contributed by atoms with Gasteiger partial charge in [0.25, 0.3) is 11.1 Å². The molecule has 1 aromatic carbocycles. The van der Waals surface area contributed by atoms with Crippen molar-refractivity contribution in [2.45, 2.75) is 0 Å². The summed E-state index contributed by atoms with van der Waals surface area (Å²) in [5.74, 6) is -1.06. The van der Waals surface area contributed by atoms with Crippen LogP contribution in [0, 0.1) is 0 Å². The number of ether oxygens (including phenoxy) is 1. The van der Waals surface area contributed by atoms with Crippen LogP contribution in [-0.2, 0) is 14.3 Å². The number of halogens is 2. The number of phenolic OH excluding ortho intramolecular Hbond substituents is 1. The maximum Gasteiger partial charge on any atom is 0.294 e. The van der Waals surface area contributed by atoms with E-state index >= 15 is 0 Å². The van der Waals surface area contributed by atoms with Crippen LogP contribution >= 0.6 is 39.3 Å². The van der Waals surface area contributed by atoms with Gasteiger partial charge in [-0.2, -0.15) is 0 Å². The van der Waals surface area contributed by atoms with E-state index < -0.39 is 11.1 Å². The lowest BCUT2D eigenvalue weighted by Gasteiger charge is -2.28. The van der Waals surface area contributed by atoms with Gasteiger partial charge in [-0.25, -0.2) is 0 Å². The number of phenols is 1. The largest absolute Gasteiger partial charge is 0.506 e. The Kier molecular flexibility index (Phi) is 5.91. The molecule has 2 heterocycles. The third-order valence-corrected chi connectivity index (χ3v) is 5.53. The van der Waals surface area contributed by atoms with Gasteiger partial charge in [-0.05, 0) is 30.0 Å². The molecule has 138 valence electrons. The van der Waals surface area contributed by atoms with Crippen molar-refractivity contribution in [3.8, 4) is 5.75 Å². The molecule has 26 heavy (non-hydrogen) atoms. The van der Waals surface area contributed by atoms with Gasteiger partial charge in [0.05, 0.1) is 23.1 Å². The van der Waals surface area contributed by atoms with Gasteiger partial charge >= 0.3 is 0 Å². The number of imide groups is 1. The third-order valence-electron chi connectivity index (χ3n) is 3.88. The van der Waals surface area contributed by atoms with Crippen LogP contribution in [0.1, 0.15) is 5.56 Å². The first-order chi connectivity index (χ1) is 12.4. The summed E-state index contributed by atoms with van der Waals surface area (Å²) >= 11 is 9.89. The predicted molar refractivity (Wildman–Crippen MR) is 101 cm³/mol. The molecular weight excluding hydrogens is 448 g/mol. The van der Waals surface area contributed by atoms with Crippen molar-refractivity contribution in [3.63, 3.8) is 0 Å². The number of carbonyl (C=O) groups is 3. The fraction of sp³-hybridized carbons (Fsp3) is 0.312. The van der Waals surface area contributed by atoms with Gasteiger partial charge in [0, 0.05) is 23.1 Å². The summed E-state index contributed by atoms with van der Waals surface area (Å²) in [7, 11) is 0. The minimum Gasteiger partial charge on any atom is -0.506 e. The van der Waals surface area contributed by atoms with Crippen molar-refractivity contribution in [1.82, 2.24) is 9.80 Å². The minimum absolute atomic E-state index is 0.118. The fourth-order valence-electron chi connectivity index (χ4n) is 2.52. The minimum atomic E-state index is -0.572. The Morgan fingerprint density at radius 1 is 1.35 bits per heavy atom. The quantitative estimate of drug-likeness (QED) is 0.697. The molecule has 0 saturated carbocycles. The maximum absolute atomic E-state index is 12.5. The molecule has 10 heteroatoms. The first-order valence-electron chi connectivity index (χ1n) is 7.65. The molecule has 2 saturated heterocycles. The van der Waals surface area contributed by atoms with Gasteiger partial charge in [0.15, 0.2) is 0 Å². The van der Waals surface area contributed by atoms with Crippen LogP contribution in [0.15, 0.2) is 21.5 Å². The zero-order valence-electron chi connectivity index (χ0n) is 13.4. The van der Waals surface area contributed by atoms with E-state index in [4.69, 9.17) is 16.3 Å². The molecule has 7 nitrogen and oxygen atoms in total. The lowest BCUT2D eigenvalue weighted by Crippen LogP contribution is -2.46. The Morgan fingerprint density at radius 2 is 2.04 bits per heavy atom. The van der Waals surface area contributed by atoms with E-state index in [2.05, 4.69) is 15.9 Å². The summed E-state index contributed by atoms with van der Waals surface area (Å²) in [5.41, 5.74) is 0.300. The highest BCUT2D eigenvalue weighted by Crippen LogP contribution is 2.37. The number of morpholine rings is 1. The molecule has 0 unspecified atom stereocenters. The molecule has 0 aromatic heterocycles. The van der Waals surface area contributed by atoms with Crippen LogP contribution in [0.25, 0.3) is 6.08 Å². The van der Waals surface area contributed by atoms with Crippen molar-refractivity contribution in [3.05, 3.63) is 32.1 Å². The fourth-order valence-corrected chi connectivity index (χ4v) is 4.18. The molecule has 0 aliphatic carbocycles. The second-order valence-electron chi connectivity index (χ2n) is 5.59. The van der Waals surface area contributed by atoms with Gasteiger partial charge in [-0.15, -0.1) is 0 Å². The van der Waals surface area contributed by atoms with Crippen LogP contribution in [0.5, 0.6) is 5.75 Å². The number of rotatable bonds is 3. The van der Waals surface area contributed by atoms with E-state index in [1.807, 2.05) is 0 Å². The zero-order chi connectivity index (χ0) is 18.8. The Bertz CT molecular complexity index is 810. The number of thioether (sulfide) groups is 1. The monoisotopic (exact) mass is 460 g/mol. The number of nitrogens with zero attached hydrogens (tertiary/aromatic N) is 2. The summed E-state index contributed by atoms with van der Waals surface area (Å²) in [4.78, 5) is 39.5. The average Bonchev–Trinajstić information content (AvgIpc) is 2.87. The van der Waals surface area contributed by atoms with Crippen molar-refractivity contribution < 1.29 is 24.2 Å². The molecule has 1 aromatic rings. The van der Waals surface area contributed by atoms with Crippen LogP contribution in [0.2, 0.25) is 5.02 Å². The van der Waals surface area contributed by atoms with E-state index in [0.29, 0.717) is 36.3 Å². The molecule has 0 spiro atoms. The van der Waals surface area contributed by atoms with Gasteiger partial charge in [-0.1, -0.05) is 27.5 Å². The first-order valence-corrected chi connectivity index (χ1v) is 9.64. The van der Waals surface area contributed by atoms with Crippen LogP contribution in [0.4, 0.5) is 4.79 Å². The molecule has 3 amide bonds. The molecule has 2 aliphatic rings. The number of aromatic hydroxyl groups is 1. The van der Waals surface area contributed by atoms with E-state index in [-0.39, 0.29) is 28.1 Å². The summed E-state index contributed by atoms with van der Waals surface area (Å²) in [5, 5.41) is 9.62. The predicted octanol–water partition coefficient (Wildman–Crippen LogP) is 2.70. The molecule has 0 bridgehead atoms. The molecular formula is C16H14BrClN2O5S. The van der Waals surface area contributed by atoms with Crippen molar-refractivity contribution in [1.29, 1.82) is 0 Å². The van der Waals surface area contributed by atoms with Crippen molar-refractivity contribution in [2.24, 2.45) is 0 Å². The van der Waals surface area contributed by atoms with Gasteiger partial charge in [0.2, 0.25) is 5.91 Å². The number of hydrogen-bond donors (Lipinski definition) is 1.